The van der Waals surface area contributed by atoms with Crippen LogP contribution >= 0.6 is 15.9 Å². The van der Waals surface area contributed by atoms with Crippen molar-refractivity contribution in [2.24, 2.45) is 5.92 Å². The molecular formula is C11H11BrF2O. The molecule has 15 heavy (non-hydrogen) atoms. The molecule has 1 aliphatic carbocycles. The average molecular weight is 277 g/mol. The summed E-state index contributed by atoms with van der Waals surface area (Å²) in [7, 11) is 0. The maximum Gasteiger partial charge on any atom is 0.267 e. The molecule has 1 aliphatic rings. The number of alkyl halides is 2. The molecule has 0 bridgehead atoms. The molecule has 1 nitrogen and oxygen atoms in total. The van der Waals surface area contributed by atoms with Crippen molar-refractivity contribution in [1.29, 1.82) is 0 Å². The fourth-order valence-corrected chi connectivity index (χ4v) is 1.69. The molecular weight excluding hydrogens is 266 g/mol. The molecule has 0 spiro atoms. The topological polar surface area (TPSA) is 9.23 Å². The summed E-state index contributed by atoms with van der Waals surface area (Å²) in [4.78, 5) is 0. The predicted molar refractivity (Wildman–Crippen MR) is 57.3 cm³/mol. The van der Waals surface area contributed by atoms with E-state index < -0.39 is 6.43 Å². The molecule has 0 N–H and O–H groups in total. The van der Waals surface area contributed by atoms with Gasteiger partial charge in [-0.1, -0.05) is 15.9 Å². The first-order valence-corrected chi connectivity index (χ1v) is 5.66. The second-order valence-electron chi connectivity index (χ2n) is 3.74. The maximum atomic E-state index is 12.6. The third-order valence-electron chi connectivity index (χ3n) is 2.38. The predicted octanol–water partition coefficient (Wildman–Crippen LogP) is 4.18. The van der Waals surface area contributed by atoms with Gasteiger partial charge in [0.25, 0.3) is 6.43 Å². The van der Waals surface area contributed by atoms with Gasteiger partial charge in [-0.15, -0.1) is 0 Å². The van der Waals surface area contributed by atoms with Crippen molar-refractivity contribution in [3.63, 3.8) is 0 Å². The van der Waals surface area contributed by atoms with Crippen LogP contribution in [0.1, 0.15) is 24.8 Å². The van der Waals surface area contributed by atoms with E-state index in [4.69, 9.17) is 4.74 Å². The second kappa shape index (κ2) is 4.47. The highest BCUT2D eigenvalue weighted by Crippen LogP contribution is 2.34. The van der Waals surface area contributed by atoms with E-state index >= 15 is 0 Å². The van der Waals surface area contributed by atoms with Crippen LogP contribution in [0.25, 0.3) is 0 Å². The molecule has 1 aromatic carbocycles. The fraction of sp³-hybridized carbons (Fsp3) is 0.455. The van der Waals surface area contributed by atoms with Gasteiger partial charge in [-0.3, -0.25) is 0 Å². The SMILES string of the molecule is FC(F)c1cc(Br)ccc1OCC1CC1. The van der Waals surface area contributed by atoms with Gasteiger partial charge < -0.3 is 4.74 Å². The van der Waals surface area contributed by atoms with Crippen LogP contribution in [0, 0.1) is 5.92 Å². The Labute approximate surface area is 95.6 Å². The van der Waals surface area contributed by atoms with Gasteiger partial charge in [0.15, 0.2) is 0 Å². The molecule has 0 aliphatic heterocycles. The molecule has 1 saturated carbocycles. The Kier molecular flexibility index (Phi) is 3.24. The van der Waals surface area contributed by atoms with Crippen LogP contribution in [0.5, 0.6) is 5.75 Å². The highest BCUT2D eigenvalue weighted by Gasteiger charge is 2.23. The van der Waals surface area contributed by atoms with Crippen molar-refractivity contribution in [3.8, 4) is 5.75 Å². The summed E-state index contributed by atoms with van der Waals surface area (Å²) in [6.07, 6.45) is -0.183. The third kappa shape index (κ3) is 2.91. The largest absolute Gasteiger partial charge is 0.493 e. The summed E-state index contributed by atoms with van der Waals surface area (Å²) in [6, 6.07) is 4.72. The van der Waals surface area contributed by atoms with Crippen molar-refractivity contribution in [2.45, 2.75) is 19.3 Å². The molecule has 0 aromatic heterocycles. The van der Waals surface area contributed by atoms with Crippen LogP contribution in [-0.2, 0) is 0 Å². The quantitative estimate of drug-likeness (QED) is 0.802. The minimum absolute atomic E-state index is 0.0370. The van der Waals surface area contributed by atoms with E-state index in [2.05, 4.69) is 15.9 Å². The van der Waals surface area contributed by atoms with Gasteiger partial charge in [0, 0.05) is 4.47 Å². The highest BCUT2D eigenvalue weighted by molar-refractivity contribution is 9.10. The van der Waals surface area contributed by atoms with Crippen molar-refractivity contribution in [2.75, 3.05) is 6.61 Å². The van der Waals surface area contributed by atoms with Gasteiger partial charge in [-0.2, -0.15) is 0 Å². The van der Waals surface area contributed by atoms with Crippen LogP contribution in [-0.4, -0.2) is 6.61 Å². The maximum absolute atomic E-state index is 12.6. The number of ether oxygens (including phenoxy) is 1. The average Bonchev–Trinajstić information content (AvgIpc) is 2.99. The van der Waals surface area contributed by atoms with Crippen molar-refractivity contribution < 1.29 is 13.5 Å². The van der Waals surface area contributed by atoms with Crippen LogP contribution in [0.3, 0.4) is 0 Å². The van der Waals surface area contributed by atoms with Crippen molar-refractivity contribution in [3.05, 3.63) is 28.2 Å². The molecule has 0 atom stereocenters. The lowest BCUT2D eigenvalue weighted by Gasteiger charge is -2.10. The molecule has 2 rings (SSSR count). The first kappa shape index (κ1) is 10.9. The highest BCUT2D eigenvalue weighted by atomic mass is 79.9. The number of benzene rings is 1. The standard InChI is InChI=1S/C11H11BrF2O/c12-8-3-4-10(9(5-8)11(13)14)15-6-7-1-2-7/h3-5,7,11H,1-2,6H2. The van der Waals surface area contributed by atoms with Gasteiger partial charge in [-0.05, 0) is 37.0 Å². The van der Waals surface area contributed by atoms with Crippen LogP contribution in [0.15, 0.2) is 22.7 Å². The third-order valence-corrected chi connectivity index (χ3v) is 2.87. The minimum Gasteiger partial charge on any atom is -0.493 e. The van der Waals surface area contributed by atoms with E-state index in [1.807, 2.05) is 0 Å². The van der Waals surface area contributed by atoms with E-state index in [0.717, 1.165) is 12.8 Å². The number of hydrogen-bond donors (Lipinski definition) is 0. The summed E-state index contributed by atoms with van der Waals surface area (Å²) in [5, 5.41) is 0. The number of hydrogen-bond acceptors (Lipinski definition) is 1. The first-order chi connectivity index (χ1) is 7.16. The van der Waals surface area contributed by atoms with Crippen LogP contribution in [0.2, 0.25) is 0 Å². The molecule has 0 saturated heterocycles. The zero-order valence-electron chi connectivity index (χ0n) is 8.05. The van der Waals surface area contributed by atoms with E-state index in [9.17, 15) is 8.78 Å². The molecule has 1 aromatic rings. The Morgan fingerprint density at radius 1 is 1.40 bits per heavy atom. The van der Waals surface area contributed by atoms with Crippen LogP contribution in [0.4, 0.5) is 8.78 Å². The molecule has 82 valence electrons. The molecule has 0 amide bonds. The lowest BCUT2D eigenvalue weighted by molar-refractivity contribution is 0.144. The zero-order chi connectivity index (χ0) is 10.8. The fourth-order valence-electron chi connectivity index (χ4n) is 1.31. The van der Waals surface area contributed by atoms with Gasteiger partial charge >= 0.3 is 0 Å². The number of rotatable bonds is 4. The molecule has 4 heteroatoms. The van der Waals surface area contributed by atoms with E-state index in [1.54, 1.807) is 12.1 Å². The Bertz CT molecular complexity index is 350. The summed E-state index contributed by atoms with van der Waals surface area (Å²) in [5.41, 5.74) is -0.0370. The summed E-state index contributed by atoms with van der Waals surface area (Å²) in [5.74, 6) is 0.874. The van der Waals surface area contributed by atoms with E-state index in [0.29, 0.717) is 22.7 Å². The molecule has 0 unspecified atom stereocenters. The monoisotopic (exact) mass is 276 g/mol. The van der Waals surface area contributed by atoms with Gasteiger partial charge in [0.1, 0.15) is 5.75 Å². The zero-order valence-corrected chi connectivity index (χ0v) is 9.64. The summed E-state index contributed by atoms with van der Waals surface area (Å²) < 4.78 is 31.3. The van der Waals surface area contributed by atoms with Crippen molar-refractivity contribution >= 4 is 15.9 Å². The summed E-state index contributed by atoms with van der Waals surface area (Å²) in [6.45, 7) is 0.557. The van der Waals surface area contributed by atoms with Gasteiger partial charge in [-0.25, -0.2) is 8.78 Å². The Morgan fingerprint density at radius 3 is 2.73 bits per heavy atom. The Hall–Kier alpha value is -0.640. The lowest BCUT2D eigenvalue weighted by Crippen LogP contribution is -2.02. The molecule has 0 heterocycles. The first-order valence-electron chi connectivity index (χ1n) is 4.87. The number of halogens is 3. The van der Waals surface area contributed by atoms with E-state index in [1.165, 1.54) is 6.07 Å². The van der Waals surface area contributed by atoms with Gasteiger partial charge in [0.05, 0.1) is 12.2 Å². The molecule has 1 fully saturated rings. The normalized spacial score (nSPS) is 15.7. The van der Waals surface area contributed by atoms with Crippen molar-refractivity contribution in [1.82, 2.24) is 0 Å². The molecule has 0 radical (unpaired) electrons. The van der Waals surface area contributed by atoms with Crippen LogP contribution < -0.4 is 4.74 Å². The second-order valence-corrected chi connectivity index (χ2v) is 4.65. The smallest absolute Gasteiger partial charge is 0.267 e. The lowest BCUT2D eigenvalue weighted by atomic mass is 10.2. The van der Waals surface area contributed by atoms with Gasteiger partial charge in [0.2, 0.25) is 0 Å². The Balaban J connectivity index is 2.12. The summed E-state index contributed by atoms with van der Waals surface area (Å²) >= 11 is 3.17. The van der Waals surface area contributed by atoms with E-state index in [-0.39, 0.29) is 5.56 Å². The minimum atomic E-state index is -2.49. The Morgan fingerprint density at radius 2 is 2.13 bits per heavy atom.